The number of unbranched alkanes of at least 4 members (excludes halogenated alkanes) is 2. The van der Waals surface area contributed by atoms with Crippen LogP contribution in [0.3, 0.4) is 0 Å². The van der Waals surface area contributed by atoms with Crippen molar-refractivity contribution in [3.05, 3.63) is 24.3 Å². The van der Waals surface area contributed by atoms with E-state index in [1.807, 2.05) is 38.2 Å². The quantitative estimate of drug-likeness (QED) is 0.345. The molecule has 0 aliphatic heterocycles. The molecule has 72 valence electrons. The van der Waals surface area contributed by atoms with E-state index < -0.39 is 0 Å². The van der Waals surface area contributed by atoms with Crippen LogP contribution in [-0.2, 0) is 0 Å². The van der Waals surface area contributed by atoms with Crippen molar-refractivity contribution in [2.45, 2.75) is 40.0 Å². The second kappa shape index (κ2) is 17.0. The molecule has 0 bridgehead atoms. The summed E-state index contributed by atoms with van der Waals surface area (Å²) in [5, 5.41) is 0. The molecule has 0 nitrogen and oxygen atoms in total. The summed E-state index contributed by atoms with van der Waals surface area (Å²) in [4.78, 5) is 0. The van der Waals surface area contributed by atoms with Crippen LogP contribution in [0.4, 0.5) is 0 Å². The zero-order chi connectivity index (χ0) is 9.66. The van der Waals surface area contributed by atoms with Crippen LogP contribution in [0, 0.1) is 0 Å². The summed E-state index contributed by atoms with van der Waals surface area (Å²) in [5.41, 5.74) is 0. The Kier molecular flexibility index (Phi) is 20.3. The van der Waals surface area contributed by atoms with E-state index in [0.717, 1.165) is 5.88 Å². The first-order chi connectivity index (χ1) is 5.83. The average molecular weight is 189 g/mol. The first-order valence-corrected chi connectivity index (χ1v) is 5.16. The van der Waals surface area contributed by atoms with Gasteiger partial charge >= 0.3 is 0 Å². The third-order valence-corrected chi connectivity index (χ3v) is 1.50. The third-order valence-electron chi connectivity index (χ3n) is 1.23. The second-order valence-electron chi connectivity index (χ2n) is 2.45. The fourth-order valence-corrected chi connectivity index (χ4v) is 0.756. The fourth-order valence-electron chi connectivity index (χ4n) is 0.567. The lowest BCUT2D eigenvalue weighted by Crippen LogP contribution is -1.70. The van der Waals surface area contributed by atoms with Crippen molar-refractivity contribution < 1.29 is 0 Å². The monoisotopic (exact) mass is 188 g/mol. The van der Waals surface area contributed by atoms with Gasteiger partial charge < -0.3 is 0 Å². The zero-order valence-corrected chi connectivity index (χ0v) is 9.27. The Bertz CT molecular complexity index is 89.6. The van der Waals surface area contributed by atoms with E-state index in [-0.39, 0.29) is 0 Å². The summed E-state index contributed by atoms with van der Waals surface area (Å²) in [5.74, 6) is 0.827. The smallest absolute Gasteiger partial charge is 0.0223 e. The van der Waals surface area contributed by atoms with Crippen LogP contribution in [0.1, 0.15) is 40.0 Å². The molecular formula is C11H21Cl. The summed E-state index contributed by atoms with van der Waals surface area (Å²) in [7, 11) is 0. The van der Waals surface area contributed by atoms with Gasteiger partial charge in [-0.3, -0.25) is 0 Å². The van der Waals surface area contributed by atoms with Crippen molar-refractivity contribution in [2.24, 2.45) is 0 Å². The summed E-state index contributed by atoms with van der Waals surface area (Å²) >= 11 is 5.38. The molecule has 0 aromatic rings. The lowest BCUT2D eigenvalue weighted by molar-refractivity contribution is 0.776. The SMILES string of the molecule is CC=CC=CC.CCCCCCl. The van der Waals surface area contributed by atoms with Gasteiger partial charge in [-0.2, -0.15) is 0 Å². The Hall–Kier alpha value is -0.230. The van der Waals surface area contributed by atoms with Gasteiger partial charge in [-0.05, 0) is 20.3 Å². The van der Waals surface area contributed by atoms with Crippen molar-refractivity contribution in [3.8, 4) is 0 Å². The Morgan fingerprint density at radius 1 is 1.00 bits per heavy atom. The lowest BCUT2D eigenvalue weighted by Gasteiger charge is -1.84. The molecule has 0 fully saturated rings. The van der Waals surface area contributed by atoms with Gasteiger partial charge in [0.25, 0.3) is 0 Å². The number of hydrogen-bond donors (Lipinski definition) is 0. The van der Waals surface area contributed by atoms with Crippen LogP contribution >= 0.6 is 11.6 Å². The minimum Gasteiger partial charge on any atom is -0.127 e. The van der Waals surface area contributed by atoms with Crippen LogP contribution in [0.5, 0.6) is 0 Å². The highest BCUT2D eigenvalue weighted by atomic mass is 35.5. The van der Waals surface area contributed by atoms with Crippen LogP contribution in [0.15, 0.2) is 24.3 Å². The second-order valence-corrected chi connectivity index (χ2v) is 2.83. The molecule has 0 N–H and O–H groups in total. The molecule has 0 radical (unpaired) electrons. The van der Waals surface area contributed by atoms with Crippen molar-refractivity contribution in [2.75, 3.05) is 5.88 Å². The Balaban J connectivity index is 0. The van der Waals surface area contributed by atoms with Crippen molar-refractivity contribution in [1.82, 2.24) is 0 Å². The highest BCUT2D eigenvalue weighted by molar-refractivity contribution is 6.17. The number of hydrogen-bond acceptors (Lipinski definition) is 0. The van der Waals surface area contributed by atoms with Gasteiger partial charge in [-0.15, -0.1) is 11.6 Å². The molecule has 0 aliphatic carbocycles. The maximum absolute atomic E-state index is 5.38. The molecule has 1 heteroatoms. The molecule has 0 atom stereocenters. The topological polar surface area (TPSA) is 0 Å². The van der Waals surface area contributed by atoms with E-state index in [4.69, 9.17) is 11.6 Å². The Morgan fingerprint density at radius 2 is 1.50 bits per heavy atom. The molecule has 0 saturated heterocycles. The molecule has 0 unspecified atom stereocenters. The van der Waals surface area contributed by atoms with Gasteiger partial charge in [0, 0.05) is 5.88 Å². The molecule has 0 spiro atoms. The van der Waals surface area contributed by atoms with E-state index in [0.29, 0.717) is 0 Å². The average Bonchev–Trinajstić information content (AvgIpc) is 2.12. The first-order valence-electron chi connectivity index (χ1n) is 4.63. The molecule has 0 heterocycles. The van der Waals surface area contributed by atoms with Gasteiger partial charge in [0.05, 0.1) is 0 Å². The van der Waals surface area contributed by atoms with Gasteiger partial charge in [-0.1, -0.05) is 44.1 Å². The molecule has 0 rings (SSSR count). The van der Waals surface area contributed by atoms with Crippen LogP contribution in [0.2, 0.25) is 0 Å². The molecule has 0 aromatic heterocycles. The minimum atomic E-state index is 0.827. The largest absolute Gasteiger partial charge is 0.127 e. The van der Waals surface area contributed by atoms with Crippen molar-refractivity contribution in [1.29, 1.82) is 0 Å². The predicted molar refractivity (Wildman–Crippen MR) is 59.9 cm³/mol. The summed E-state index contributed by atoms with van der Waals surface area (Å²) in [6.07, 6.45) is 11.7. The van der Waals surface area contributed by atoms with E-state index >= 15 is 0 Å². The lowest BCUT2D eigenvalue weighted by atomic mass is 10.3. The van der Waals surface area contributed by atoms with Gasteiger partial charge in [0.15, 0.2) is 0 Å². The third kappa shape index (κ3) is 22.6. The highest BCUT2D eigenvalue weighted by Crippen LogP contribution is 1.93. The molecule has 0 amide bonds. The van der Waals surface area contributed by atoms with Crippen LogP contribution in [-0.4, -0.2) is 5.88 Å². The summed E-state index contributed by atoms with van der Waals surface area (Å²) in [6, 6.07) is 0. The first kappa shape index (κ1) is 14.3. The van der Waals surface area contributed by atoms with E-state index in [1.165, 1.54) is 19.3 Å². The number of halogens is 1. The van der Waals surface area contributed by atoms with Gasteiger partial charge in [-0.25, -0.2) is 0 Å². The number of alkyl halides is 1. The molecule has 0 saturated carbocycles. The molecule has 12 heavy (non-hydrogen) atoms. The summed E-state index contributed by atoms with van der Waals surface area (Å²) in [6.45, 7) is 6.17. The minimum absolute atomic E-state index is 0.827. The maximum Gasteiger partial charge on any atom is 0.0223 e. The summed E-state index contributed by atoms with van der Waals surface area (Å²) < 4.78 is 0. The van der Waals surface area contributed by atoms with Gasteiger partial charge in [0.1, 0.15) is 0 Å². The Labute approximate surface area is 82.3 Å². The van der Waals surface area contributed by atoms with E-state index in [9.17, 15) is 0 Å². The predicted octanol–water partition coefficient (Wildman–Crippen LogP) is 4.55. The normalized spacial score (nSPS) is 10.3. The van der Waals surface area contributed by atoms with Gasteiger partial charge in [0.2, 0.25) is 0 Å². The maximum atomic E-state index is 5.38. The molecule has 0 aromatic carbocycles. The zero-order valence-electron chi connectivity index (χ0n) is 8.52. The van der Waals surface area contributed by atoms with E-state index in [2.05, 4.69) is 6.92 Å². The van der Waals surface area contributed by atoms with Crippen LogP contribution in [0.25, 0.3) is 0 Å². The molecular weight excluding hydrogens is 168 g/mol. The van der Waals surface area contributed by atoms with E-state index in [1.54, 1.807) is 0 Å². The fraction of sp³-hybridized carbons (Fsp3) is 0.636. The van der Waals surface area contributed by atoms with Crippen molar-refractivity contribution >= 4 is 11.6 Å². The number of allylic oxidation sites excluding steroid dienone is 4. The van der Waals surface area contributed by atoms with Crippen molar-refractivity contribution in [3.63, 3.8) is 0 Å². The van der Waals surface area contributed by atoms with Crippen LogP contribution < -0.4 is 0 Å². The standard InChI is InChI=1S/C6H10.C5H11Cl/c1-3-5-6-4-2;1-2-3-4-5-6/h3-6H,1-2H3;2-5H2,1H3. The Morgan fingerprint density at radius 3 is 1.67 bits per heavy atom. The highest BCUT2D eigenvalue weighted by Gasteiger charge is 1.76. The molecule has 0 aliphatic rings. The number of rotatable bonds is 4.